The highest BCUT2D eigenvalue weighted by molar-refractivity contribution is 5.94. The fourth-order valence-corrected chi connectivity index (χ4v) is 5.85. The number of benzene rings is 3. The molecular formula is C36H44N4O5. The summed E-state index contributed by atoms with van der Waals surface area (Å²) in [7, 11) is 0. The number of carbonyl (C=O) groups is 5. The van der Waals surface area contributed by atoms with Gasteiger partial charge in [-0.3, -0.25) is 19.2 Å². The largest absolute Gasteiger partial charge is 0.356 e. The SMILES string of the molecule is CC(C)C[C@H](NC(=O)[C@H](Cc1cccc2ccccc12)NC(=O)Cc1ccccc1)C(=O)N[C@H](C=O)CC[C@H]1CCCNC1=O. The molecule has 9 heteroatoms. The summed E-state index contributed by atoms with van der Waals surface area (Å²) >= 11 is 0. The summed E-state index contributed by atoms with van der Waals surface area (Å²) in [4.78, 5) is 64.5. The van der Waals surface area contributed by atoms with E-state index in [-0.39, 0.29) is 36.5 Å². The van der Waals surface area contributed by atoms with Crippen LogP contribution in [0.5, 0.6) is 0 Å². The van der Waals surface area contributed by atoms with E-state index in [2.05, 4.69) is 21.3 Å². The standard InChI is InChI=1S/C36H44N4O5/c1-24(2)20-31(35(44)38-29(23-41)18-17-27-15-9-19-37-34(27)43)40-36(45)32(39-33(42)21-25-10-4-3-5-11-25)22-28-14-8-13-26-12-6-7-16-30(26)28/h3-8,10-14,16,23-24,27,29,31-32H,9,15,17-22H2,1-2H3,(H,37,43)(H,38,44)(H,39,42)(H,40,45)/t27-,29+,31+,32+/m1/s1. The van der Waals surface area contributed by atoms with Crippen LogP contribution in [-0.2, 0) is 36.8 Å². The molecule has 0 aromatic heterocycles. The minimum Gasteiger partial charge on any atom is -0.356 e. The molecule has 0 aliphatic carbocycles. The maximum atomic E-state index is 13.9. The van der Waals surface area contributed by atoms with Gasteiger partial charge in [-0.2, -0.15) is 0 Å². The van der Waals surface area contributed by atoms with Crippen molar-refractivity contribution in [2.45, 2.75) is 76.9 Å². The third kappa shape index (κ3) is 9.99. The summed E-state index contributed by atoms with van der Waals surface area (Å²) in [5.41, 5.74) is 1.72. The van der Waals surface area contributed by atoms with Gasteiger partial charge in [0, 0.05) is 18.9 Å². The monoisotopic (exact) mass is 612 g/mol. The maximum absolute atomic E-state index is 13.9. The third-order valence-corrected chi connectivity index (χ3v) is 8.22. The summed E-state index contributed by atoms with van der Waals surface area (Å²) in [5.74, 6) is -1.40. The highest BCUT2D eigenvalue weighted by Crippen LogP contribution is 2.21. The fourth-order valence-electron chi connectivity index (χ4n) is 5.85. The average Bonchev–Trinajstić information content (AvgIpc) is 3.03. The van der Waals surface area contributed by atoms with E-state index in [0.29, 0.717) is 32.1 Å². The van der Waals surface area contributed by atoms with Crippen LogP contribution in [0.2, 0.25) is 0 Å². The smallest absolute Gasteiger partial charge is 0.243 e. The molecule has 9 nitrogen and oxygen atoms in total. The molecule has 0 radical (unpaired) electrons. The Labute approximate surface area is 264 Å². The third-order valence-electron chi connectivity index (χ3n) is 8.22. The second kappa shape index (κ2) is 16.5. The Hall–Kier alpha value is -4.53. The van der Waals surface area contributed by atoms with Gasteiger partial charge >= 0.3 is 0 Å². The van der Waals surface area contributed by atoms with Crippen molar-refractivity contribution in [3.8, 4) is 0 Å². The van der Waals surface area contributed by atoms with Crippen molar-refractivity contribution in [3.63, 3.8) is 0 Å². The number of amides is 4. The number of nitrogens with one attached hydrogen (secondary N) is 4. The lowest BCUT2D eigenvalue weighted by Gasteiger charge is -2.26. The topological polar surface area (TPSA) is 133 Å². The number of hydrogen-bond acceptors (Lipinski definition) is 5. The number of aldehydes is 1. The Morgan fingerprint density at radius 2 is 1.60 bits per heavy atom. The van der Waals surface area contributed by atoms with Crippen LogP contribution < -0.4 is 21.3 Å². The molecule has 1 heterocycles. The second-order valence-electron chi connectivity index (χ2n) is 12.3. The lowest BCUT2D eigenvalue weighted by molar-refractivity contribution is -0.133. The van der Waals surface area contributed by atoms with Crippen molar-refractivity contribution in [2.75, 3.05) is 6.54 Å². The van der Waals surface area contributed by atoms with Gasteiger partial charge in [0.25, 0.3) is 0 Å². The summed E-state index contributed by atoms with van der Waals surface area (Å²) < 4.78 is 0. The van der Waals surface area contributed by atoms with Crippen LogP contribution in [0.15, 0.2) is 72.8 Å². The van der Waals surface area contributed by atoms with E-state index in [0.717, 1.165) is 34.7 Å². The Bertz CT molecular complexity index is 1470. The number of hydrogen-bond donors (Lipinski definition) is 4. The first-order valence-corrected chi connectivity index (χ1v) is 15.9. The molecule has 0 spiro atoms. The summed E-state index contributed by atoms with van der Waals surface area (Å²) in [6.45, 7) is 4.55. The molecule has 1 saturated heterocycles. The quantitative estimate of drug-likeness (QED) is 0.195. The molecule has 1 fully saturated rings. The van der Waals surface area contributed by atoms with Crippen molar-refractivity contribution in [1.29, 1.82) is 0 Å². The van der Waals surface area contributed by atoms with Crippen molar-refractivity contribution in [3.05, 3.63) is 83.9 Å². The van der Waals surface area contributed by atoms with Crippen LogP contribution >= 0.6 is 0 Å². The molecule has 1 aliphatic rings. The first-order chi connectivity index (χ1) is 21.7. The Morgan fingerprint density at radius 1 is 0.889 bits per heavy atom. The molecule has 0 bridgehead atoms. The Kier molecular flexibility index (Phi) is 12.2. The van der Waals surface area contributed by atoms with Gasteiger partial charge in [-0.15, -0.1) is 0 Å². The number of rotatable bonds is 15. The number of piperidine rings is 1. The van der Waals surface area contributed by atoms with Gasteiger partial charge in [-0.05, 0) is 59.9 Å². The molecule has 4 atom stereocenters. The van der Waals surface area contributed by atoms with Gasteiger partial charge < -0.3 is 26.1 Å². The molecule has 4 rings (SSSR count). The minimum absolute atomic E-state index is 0.0197. The predicted molar refractivity (Wildman–Crippen MR) is 174 cm³/mol. The van der Waals surface area contributed by atoms with E-state index in [1.165, 1.54) is 0 Å². The molecule has 3 aromatic carbocycles. The second-order valence-corrected chi connectivity index (χ2v) is 12.3. The van der Waals surface area contributed by atoms with Gasteiger partial charge in [-0.25, -0.2) is 0 Å². The van der Waals surface area contributed by atoms with E-state index >= 15 is 0 Å². The van der Waals surface area contributed by atoms with Crippen LogP contribution in [0, 0.1) is 11.8 Å². The van der Waals surface area contributed by atoms with Gasteiger partial charge in [0.05, 0.1) is 12.5 Å². The zero-order valence-electron chi connectivity index (χ0n) is 26.1. The van der Waals surface area contributed by atoms with Crippen molar-refractivity contribution in [1.82, 2.24) is 21.3 Å². The molecule has 3 aromatic rings. The predicted octanol–water partition coefficient (Wildman–Crippen LogP) is 3.63. The molecule has 238 valence electrons. The van der Waals surface area contributed by atoms with Gasteiger partial charge in [0.1, 0.15) is 18.4 Å². The average molecular weight is 613 g/mol. The lowest BCUT2D eigenvalue weighted by atomic mass is 9.92. The first-order valence-electron chi connectivity index (χ1n) is 15.9. The van der Waals surface area contributed by atoms with Gasteiger partial charge in [0.2, 0.25) is 23.6 Å². The van der Waals surface area contributed by atoms with Crippen LogP contribution in [-0.4, -0.2) is 54.6 Å². The Balaban J connectivity index is 1.49. The Morgan fingerprint density at radius 3 is 2.33 bits per heavy atom. The van der Waals surface area contributed by atoms with E-state index in [1.54, 1.807) is 0 Å². The maximum Gasteiger partial charge on any atom is 0.243 e. The van der Waals surface area contributed by atoms with Gasteiger partial charge in [0.15, 0.2) is 0 Å². The van der Waals surface area contributed by atoms with Crippen molar-refractivity contribution >= 4 is 40.7 Å². The molecule has 4 amide bonds. The van der Waals surface area contributed by atoms with E-state index in [4.69, 9.17) is 0 Å². The minimum atomic E-state index is -0.943. The molecule has 4 N–H and O–H groups in total. The zero-order valence-corrected chi connectivity index (χ0v) is 26.1. The molecular weight excluding hydrogens is 568 g/mol. The first kappa shape index (κ1) is 33.4. The van der Waals surface area contributed by atoms with Crippen LogP contribution in [0.25, 0.3) is 10.8 Å². The highest BCUT2D eigenvalue weighted by atomic mass is 16.2. The van der Waals surface area contributed by atoms with Crippen molar-refractivity contribution < 1.29 is 24.0 Å². The highest BCUT2D eigenvalue weighted by Gasteiger charge is 2.30. The summed E-state index contributed by atoms with van der Waals surface area (Å²) in [6.07, 6.45) is 3.81. The molecule has 45 heavy (non-hydrogen) atoms. The number of carbonyl (C=O) groups excluding carboxylic acids is 5. The molecule has 1 aliphatic heterocycles. The van der Waals surface area contributed by atoms with E-state index in [1.807, 2.05) is 86.6 Å². The lowest BCUT2D eigenvalue weighted by Crippen LogP contribution is -2.56. The molecule has 0 unspecified atom stereocenters. The van der Waals surface area contributed by atoms with Crippen LogP contribution in [0.3, 0.4) is 0 Å². The summed E-state index contributed by atoms with van der Waals surface area (Å²) in [6, 6.07) is 20.4. The molecule has 0 saturated carbocycles. The van der Waals surface area contributed by atoms with Crippen molar-refractivity contribution in [2.24, 2.45) is 11.8 Å². The zero-order chi connectivity index (χ0) is 32.2. The summed E-state index contributed by atoms with van der Waals surface area (Å²) in [5, 5.41) is 13.4. The van der Waals surface area contributed by atoms with Crippen LogP contribution in [0.1, 0.15) is 57.1 Å². The van der Waals surface area contributed by atoms with E-state index < -0.39 is 29.9 Å². The number of fused-ring (bicyclic) bond motifs is 1. The van der Waals surface area contributed by atoms with Crippen LogP contribution in [0.4, 0.5) is 0 Å². The van der Waals surface area contributed by atoms with Gasteiger partial charge in [-0.1, -0.05) is 86.6 Å². The normalized spacial score (nSPS) is 16.7. The van der Waals surface area contributed by atoms with E-state index in [9.17, 15) is 24.0 Å². The fraction of sp³-hybridized carbons (Fsp3) is 0.417.